The van der Waals surface area contributed by atoms with E-state index in [1.54, 1.807) is 6.07 Å². The van der Waals surface area contributed by atoms with Crippen molar-refractivity contribution >= 4 is 11.8 Å². The molecule has 1 fully saturated rings. The van der Waals surface area contributed by atoms with E-state index in [1.807, 2.05) is 60.3 Å². The molecule has 2 aromatic carbocycles. The molecule has 1 unspecified atom stereocenters. The fraction of sp³-hybridized carbons (Fsp3) is 0.261. The summed E-state index contributed by atoms with van der Waals surface area (Å²) < 4.78 is 5.51. The number of benzene rings is 2. The third-order valence-electron chi connectivity index (χ3n) is 4.94. The summed E-state index contributed by atoms with van der Waals surface area (Å²) in [6, 6.07) is 21.3. The van der Waals surface area contributed by atoms with Crippen LogP contribution >= 0.6 is 11.8 Å². The largest absolute Gasteiger partial charge is 0.507 e. The highest BCUT2D eigenvalue weighted by molar-refractivity contribution is 7.99. The van der Waals surface area contributed by atoms with Crippen molar-refractivity contribution in [3.05, 3.63) is 88.3 Å². The molecule has 1 aliphatic carbocycles. The lowest BCUT2D eigenvalue weighted by atomic mass is 10.1. The minimum Gasteiger partial charge on any atom is -0.507 e. The average molecular weight is 378 g/mol. The molecule has 0 spiro atoms. The SMILES string of the molecule is O=c1oc(-c2ccccc2)cc(O)c1CC(SCc1ccccc1)C1CC1. The third kappa shape index (κ3) is 4.45. The molecule has 0 bridgehead atoms. The van der Waals surface area contributed by atoms with E-state index in [4.69, 9.17) is 4.42 Å². The van der Waals surface area contributed by atoms with Gasteiger partial charge in [-0.3, -0.25) is 0 Å². The zero-order chi connectivity index (χ0) is 18.6. The topological polar surface area (TPSA) is 50.4 Å². The molecule has 3 nitrogen and oxygen atoms in total. The van der Waals surface area contributed by atoms with Crippen LogP contribution in [0.15, 0.2) is 75.9 Å². The zero-order valence-electron chi connectivity index (χ0n) is 15.0. The highest BCUT2D eigenvalue weighted by Gasteiger charge is 2.33. The van der Waals surface area contributed by atoms with E-state index in [-0.39, 0.29) is 5.75 Å². The monoisotopic (exact) mass is 378 g/mol. The van der Waals surface area contributed by atoms with E-state index in [0.29, 0.717) is 28.9 Å². The highest BCUT2D eigenvalue weighted by atomic mass is 32.2. The fourth-order valence-electron chi connectivity index (χ4n) is 3.25. The summed E-state index contributed by atoms with van der Waals surface area (Å²) in [6.07, 6.45) is 2.94. The molecule has 3 aromatic rings. The van der Waals surface area contributed by atoms with Crippen molar-refractivity contribution in [2.45, 2.75) is 30.3 Å². The standard InChI is InChI=1S/C23H22O3S/c24-20-14-21(17-9-5-2-6-10-17)26-23(25)19(20)13-22(18-11-12-18)27-15-16-7-3-1-4-8-16/h1-10,14,18,22,24H,11-13,15H2. The van der Waals surface area contributed by atoms with Gasteiger partial charge in [-0.1, -0.05) is 60.7 Å². The first kappa shape index (κ1) is 17.9. The number of thioether (sulfide) groups is 1. The maximum atomic E-state index is 12.6. The van der Waals surface area contributed by atoms with Crippen LogP contribution in [0.25, 0.3) is 11.3 Å². The molecule has 0 saturated heterocycles. The van der Waals surface area contributed by atoms with Crippen molar-refractivity contribution in [1.29, 1.82) is 0 Å². The van der Waals surface area contributed by atoms with Gasteiger partial charge in [0.15, 0.2) is 0 Å². The Kier molecular flexibility index (Phi) is 5.35. The summed E-state index contributed by atoms with van der Waals surface area (Å²) in [6.45, 7) is 0. The number of rotatable bonds is 7. The van der Waals surface area contributed by atoms with Gasteiger partial charge in [-0.15, -0.1) is 0 Å². The molecule has 0 aliphatic heterocycles. The van der Waals surface area contributed by atoms with Crippen molar-refractivity contribution in [2.75, 3.05) is 0 Å². The van der Waals surface area contributed by atoms with Gasteiger partial charge in [-0.25, -0.2) is 4.79 Å². The molecule has 4 rings (SSSR count). The van der Waals surface area contributed by atoms with Gasteiger partial charge in [0.1, 0.15) is 11.5 Å². The van der Waals surface area contributed by atoms with Gasteiger partial charge < -0.3 is 9.52 Å². The molecule has 27 heavy (non-hydrogen) atoms. The summed E-state index contributed by atoms with van der Waals surface area (Å²) >= 11 is 1.87. The second-order valence-corrected chi connectivity index (χ2v) is 8.23. The first-order valence-electron chi connectivity index (χ1n) is 9.27. The second-order valence-electron chi connectivity index (χ2n) is 7.00. The predicted molar refractivity (Wildman–Crippen MR) is 110 cm³/mol. The smallest absolute Gasteiger partial charge is 0.343 e. The Hall–Kier alpha value is -2.46. The second kappa shape index (κ2) is 8.05. The van der Waals surface area contributed by atoms with Crippen molar-refractivity contribution in [2.24, 2.45) is 5.92 Å². The lowest BCUT2D eigenvalue weighted by molar-refractivity contribution is 0.438. The molecule has 1 N–H and O–H groups in total. The zero-order valence-corrected chi connectivity index (χ0v) is 15.8. The van der Waals surface area contributed by atoms with Gasteiger partial charge in [-0.2, -0.15) is 11.8 Å². The summed E-state index contributed by atoms with van der Waals surface area (Å²) in [4.78, 5) is 12.6. The number of hydrogen-bond donors (Lipinski definition) is 1. The fourth-order valence-corrected chi connectivity index (χ4v) is 4.68. The summed E-state index contributed by atoms with van der Waals surface area (Å²) in [5.74, 6) is 1.97. The first-order valence-corrected chi connectivity index (χ1v) is 10.3. The summed E-state index contributed by atoms with van der Waals surface area (Å²) in [5, 5.41) is 10.8. The highest BCUT2D eigenvalue weighted by Crippen LogP contribution is 2.42. The molecule has 4 heteroatoms. The van der Waals surface area contributed by atoms with Gasteiger partial charge in [0.25, 0.3) is 0 Å². The average Bonchev–Trinajstić information content (AvgIpc) is 3.53. The third-order valence-corrected chi connectivity index (χ3v) is 6.42. The van der Waals surface area contributed by atoms with Gasteiger partial charge >= 0.3 is 5.63 Å². The molecular weight excluding hydrogens is 356 g/mol. The summed E-state index contributed by atoms with van der Waals surface area (Å²) in [5.41, 5.74) is 2.03. The van der Waals surface area contributed by atoms with Gasteiger partial charge in [-0.05, 0) is 30.7 Å². The maximum Gasteiger partial charge on any atom is 0.343 e. The van der Waals surface area contributed by atoms with E-state index in [1.165, 1.54) is 18.4 Å². The quantitative estimate of drug-likeness (QED) is 0.609. The van der Waals surface area contributed by atoms with E-state index < -0.39 is 5.63 Å². The Morgan fingerprint density at radius 2 is 1.70 bits per heavy atom. The summed E-state index contributed by atoms with van der Waals surface area (Å²) in [7, 11) is 0. The van der Waals surface area contributed by atoms with Crippen LogP contribution in [0.5, 0.6) is 5.75 Å². The number of hydrogen-bond acceptors (Lipinski definition) is 4. The normalized spacial score (nSPS) is 14.8. The molecule has 0 amide bonds. The molecule has 1 aliphatic rings. The van der Waals surface area contributed by atoms with Gasteiger partial charge in [0, 0.05) is 22.6 Å². The number of aromatic hydroxyl groups is 1. The predicted octanol–water partition coefficient (Wildman–Crippen LogP) is 5.27. The Balaban J connectivity index is 1.52. The Bertz CT molecular complexity index is 946. The van der Waals surface area contributed by atoms with E-state index >= 15 is 0 Å². The van der Waals surface area contributed by atoms with E-state index in [0.717, 1.165) is 11.3 Å². The molecule has 1 heterocycles. The Morgan fingerprint density at radius 3 is 2.33 bits per heavy atom. The van der Waals surface area contributed by atoms with Crippen LogP contribution in [0.3, 0.4) is 0 Å². The van der Waals surface area contributed by atoms with Gasteiger partial charge in [0.2, 0.25) is 0 Å². The Morgan fingerprint density at radius 1 is 1.04 bits per heavy atom. The van der Waals surface area contributed by atoms with Crippen LogP contribution < -0.4 is 5.63 Å². The maximum absolute atomic E-state index is 12.6. The lowest BCUT2D eigenvalue weighted by Crippen LogP contribution is -2.17. The van der Waals surface area contributed by atoms with Crippen molar-refractivity contribution in [1.82, 2.24) is 0 Å². The lowest BCUT2D eigenvalue weighted by Gasteiger charge is -2.16. The van der Waals surface area contributed by atoms with Crippen molar-refractivity contribution < 1.29 is 9.52 Å². The van der Waals surface area contributed by atoms with Gasteiger partial charge in [0.05, 0.1) is 5.56 Å². The van der Waals surface area contributed by atoms with Crippen LogP contribution in [0.2, 0.25) is 0 Å². The molecule has 1 aromatic heterocycles. The molecule has 138 valence electrons. The van der Waals surface area contributed by atoms with Crippen molar-refractivity contribution in [3.63, 3.8) is 0 Å². The molecular formula is C23H22O3S. The van der Waals surface area contributed by atoms with Crippen LogP contribution in [-0.2, 0) is 12.2 Å². The molecule has 0 radical (unpaired) electrons. The molecule has 1 atom stereocenters. The van der Waals surface area contributed by atoms with E-state index in [9.17, 15) is 9.90 Å². The first-order chi connectivity index (χ1) is 13.2. The van der Waals surface area contributed by atoms with Crippen LogP contribution in [0, 0.1) is 5.92 Å². The minimum atomic E-state index is -0.431. The Labute approximate surface area is 163 Å². The van der Waals surface area contributed by atoms with E-state index in [2.05, 4.69) is 12.1 Å². The van der Waals surface area contributed by atoms with Crippen LogP contribution in [0.1, 0.15) is 24.0 Å². The van der Waals surface area contributed by atoms with Crippen LogP contribution in [0.4, 0.5) is 0 Å². The minimum absolute atomic E-state index is 0.0380. The van der Waals surface area contributed by atoms with Crippen molar-refractivity contribution in [3.8, 4) is 17.1 Å². The molecule has 1 saturated carbocycles. The van der Waals surface area contributed by atoms with Crippen LogP contribution in [-0.4, -0.2) is 10.4 Å².